The third-order valence-electron chi connectivity index (χ3n) is 2.59. The van der Waals surface area contributed by atoms with Crippen molar-refractivity contribution in [1.82, 2.24) is 4.98 Å². The highest BCUT2D eigenvalue weighted by Gasteiger charge is 2.25. The quantitative estimate of drug-likeness (QED) is 0.727. The van der Waals surface area contributed by atoms with E-state index < -0.39 is 6.04 Å². The smallest absolute Gasteiger partial charge is 0.293 e. The summed E-state index contributed by atoms with van der Waals surface area (Å²) < 4.78 is 0. The van der Waals surface area contributed by atoms with Crippen molar-refractivity contribution in [1.29, 1.82) is 0 Å². The zero-order valence-electron chi connectivity index (χ0n) is 9.69. The topological polar surface area (TPSA) is 17.2 Å². The van der Waals surface area contributed by atoms with Crippen LogP contribution in [0.2, 0.25) is 10.0 Å². The monoisotopic (exact) mass is 276 g/mol. The molecule has 2 rings (SSSR count). The standard InChI is InChI=1S/C14H10Cl2N2/c1-9-5-3-8-12(18-9)14(17-2)13-10(15)6-4-7-11(13)16/h3-8,14H,1H3. The van der Waals surface area contributed by atoms with Gasteiger partial charge in [-0.05, 0) is 31.2 Å². The normalized spacial score (nSPS) is 11.9. The molecule has 0 radical (unpaired) electrons. The van der Waals surface area contributed by atoms with Crippen LogP contribution in [0.5, 0.6) is 0 Å². The first-order valence-electron chi connectivity index (χ1n) is 5.37. The van der Waals surface area contributed by atoms with Gasteiger partial charge in [0.2, 0.25) is 0 Å². The SMILES string of the molecule is [C-]#[N+]C(c1cccc(C)n1)c1c(Cl)cccc1Cl. The minimum atomic E-state index is -0.564. The Kier molecular flexibility index (Phi) is 3.86. The second-order valence-corrected chi connectivity index (χ2v) is 4.69. The van der Waals surface area contributed by atoms with Crippen LogP contribution in [0.4, 0.5) is 0 Å². The molecule has 1 aromatic carbocycles. The fourth-order valence-corrected chi connectivity index (χ4v) is 2.37. The second-order valence-electron chi connectivity index (χ2n) is 3.87. The third-order valence-corrected chi connectivity index (χ3v) is 3.25. The highest BCUT2D eigenvalue weighted by atomic mass is 35.5. The first-order chi connectivity index (χ1) is 8.63. The zero-order valence-corrected chi connectivity index (χ0v) is 11.2. The fourth-order valence-electron chi connectivity index (χ4n) is 1.77. The van der Waals surface area contributed by atoms with E-state index in [2.05, 4.69) is 9.83 Å². The zero-order chi connectivity index (χ0) is 13.1. The van der Waals surface area contributed by atoms with E-state index in [1.165, 1.54) is 0 Å². The highest BCUT2D eigenvalue weighted by molar-refractivity contribution is 6.36. The van der Waals surface area contributed by atoms with E-state index in [1.54, 1.807) is 18.2 Å². The van der Waals surface area contributed by atoms with E-state index in [4.69, 9.17) is 29.8 Å². The molecule has 0 amide bonds. The Balaban J connectivity index is 2.57. The minimum absolute atomic E-state index is 0.492. The molecule has 90 valence electrons. The molecule has 1 aromatic heterocycles. The van der Waals surface area contributed by atoms with Crippen molar-refractivity contribution in [3.05, 3.63) is 74.8 Å². The van der Waals surface area contributed by atoms with Crippen molar-refractivity contribution in [2.45, 2.75) is 13.0 Å². The van der Waals surface area contributed by atoms with E-state index in [0.717, 1.165) is 5.69 Å². The van der Waals surface area contributed by atoms with Crippen LogP contribution in [0.15, 0.2) is 36.4 Å². The Hall–Kier alpha value is -1.56. The van der Waals surface area contributed by atoms with Crippen molar-refractivity contribution in [3.63, 3.8) is 0 Å². The predicted molar refractivity (Wildman–Crippen MR) is 73.9 cm³/mol. The number of rotatable bonds is 2. The van der Waals surface area contributed by atoms with E-state index in [-0.39, 0.29) is 0 Å². The number of hydrogen-bond donors (Lipinski definition) is 0. The molecule has 2 nitrogen and oxygen atoms in total. The Morgan fingerprint density at radius 2 is 1.72 bits per heavy atom. The molecule has 0 aliphatic carbocycles. The maximum Gasteiger partial charge on any atom is 0.293 e. The van der Waals surface area contributed by atoms with Crippen molar-refractivity contribution in [2.75, 3.05) is 0 Å². The van der Waals surface area contributed by atoms with Gasteiger partial charge in [-0.15, -0.1) is 0 Å². The number of aryl methyl sites for hydroxylation is 1. The number of nitrogens with zero attached hydrogens (tertiary/aromatic N) is 2. The van der Waals surface area contributed by atoms with Crippen LogP contribution in [0.1, 0.15) is 23.0 Å². The number of benzene rings is 1. The Morgan fingerprint density at radius 1 is 1.11 bits per heavy atom. The summed E-state index contributed by atoms with van der Waals surface area (Å²) in [5, 5.41) is 0.985. The van der Waals surface area contributed by atoms with Crippen molar-refractivity contribution >= 4 is 23.2 Å². The molecule has 0 saturated carbocycles. The lowest BCUT2D eigenvalue weighted by molar-refractivity contribution is 0.933. The molecule has 1 unspecified atom stereocenters. The van der Waals surface area contributed by atoms with Crippen LogP contribution in [0, 0.1) is 13.5 Å². The summed E-state index contributed by atoms with van der Waals surface area (Å²) in [5.41, 5.74) is 2.15. The van der Waals surface area contributed by atoms with E-state index in [1.807, 2.05) is 25.1 Å². The van der Waals surface area contributed by atoms with E-state index >= 15 is 0 Å². The van der Waals surface area contributed by atoms with Crippen molar-refractivity contribution < 1.29 is 0 Å². The van der Waals surface area contributed by atoms with Crippen LogP contribution < -0.4 is 0 Å². The van der Waals surface area contributed by atoms with Crippen LogP contribution >= 0.6 is 23.2 Å². The van der Waals surface area contributed by atoms with Gasteiger partial charge < -0.3 is 4.85 Å². The van der Waals surface area contributed by atoms with Gasteiger partial charge in [-0.3, -0.25) is 0 Å². The summed E-state index contributed by atoms with van der Waals surface area (Å²) in [6.45, 7) is 9.25. The molecule has 1 heterocycles. The summed E-state index contributed by atoms with van der Waals surface area (Å²) in [7, 11) is 0. The summed E-state index contributed by atoms with van der Waals surface area (Å²) in [6, 6.07) is 10.2. The van der Waals surface area contributed by atoms with Gasteiger partial charge in [0.05, 0.1) is 15.6 Å². The number of pyridine rings is 1. The summed E-state index contributed by atoms with van der Waals surface area (Å²) in [5.74, 6) is 0. The van der Waals surface area contributed by atoms with E-state index in [0.29, 0.717) is 21.3 Å². The van der Waals surface area contributed by atoms with Gasteiger partial charge >= 0.3 is 0 Å². The third kappa shape index (κ3) is 2.48. The number of aromatic nitrogens is 1. The van der Waals surface area contributed by atoms with Gasteiger partial charge in [0, 0.05) is 5.69 Å². The molecule has 0 fully saturated rings. The molecule has 0 bridgehead atoms. The lowest BCUT2D eigenvalue weighted by atomic mass is 10.0. The van der Waals surface area contributed by atoms with Crippen LogP contribution in [-0.4, -0.2) is 4.98 Å². The van der Waals surface area contributed by atoms with Crippen LogP contribution in [-0.2, 0) is 0 Å². The molecule has 4 heteroatoms. The molecular weight excluding hydrogens is 267 g/mol. The summed E-state index contributed by atoms with van der Waals surface area (Å²) in [6.07, 6.45) is 0. The average Bonchev–Trinajstić information content (AvgIpc) is 2.34. The van der Waals surface area contributed by atoms with Gasteiger partial charge in [-0.25, -0.2) is 11.6 Å². The Bertz CT molecular complexity index is 597. The minimum Gasteiger partial charge on any atom is -0.301 e. The average molecular weight is 277 g/mol. The molecule has 0 aliphatic rings. The Labute approximate surface area is 116 Å². The second kappa shape index (κ2) is 5.39. The first-order valence-corrected chi connectivity index (χ1v) is 6.13. The summed E-state index contributed by atoms with van der Waals surface area (Å²) >= 11 is 12.3. The van der Waals surface area contributed by atoms with Gasteiger partial charge in [-0.2, -0.15) is 0 Å². The van der Waals surface area contributed by atoms with Crippen molar-refractivity contribution in [2.24, 2.45) is 0 Å². The van der Waals surface area contributed by atoms with Gasteiger partial charge in [0.1, 0.15) is 5.69 Å². The fraction of sp³-hybridized carbons (Fsp3) is 0.143. The lowest BCUT2D eigenvalue weighted by Gasteiger charge is -2.09. The van der Waals surface area contributed by atoms with Gasteiger partial charge in [0.15, 0.2) is 0 Å². The Morgan fingerprint density at radius 3 is 2.28 bits per heavy atom. The molecule has 1 atom stereocenters. The molecular formula is C14H10Cl2N2. The van der Waals surface area contributed by atoms with Gasteiger partial charge in [-0.1, -0.05) is 35.3 Å². The molecule has 2 aromatic rings. The molecule has 0 N–H and O–H groups in total. The first kappa shape index (κ1) is 12.9. The van der Waals surface area contributed by atoms with Crippen molar-refractivity contribution in [3.8, 4) is 0 Å². The lowest BCUT2D eigenvalue weighted by Crippen LogP contribution is -2.01. The van der Waals surface area contributed by atoms with E-state index in [9.17, 15) is 0 Å². The predicted octanol–water partition coefficient (Wildman–Crippen LogP) is 4.71. The molecule has 0 spiro atoms. The maximum absolute atomic E-state index is 7.37. The van der Waals surface area contributed by atoms with Crippen LogP contribution in [0.25, 0.3) is 4.85 Å². The molecule has 0 saturated heterocycles. The number of halogens is 2. The maximum atomic E-state index is 7.37. The van der Waals surface area contributed by atoms with Crippen LogP contribution in [0.3, 0.4) is 0 Å². The highest BCUT2D eigenvalue weighted by Crippen LogP contribution is 2.35. The van der Waals surface area contributed by atoms with Gasteiger partial charge in [0.25, 0.3) is 6.04 Å². The molecule has 0 aliphatic heterocycles. The largest absolute Gasteiger partial charge is 0.301 e. The summed E-state index contributed by atoms with van der Waals surface area (Å²) in [4.78, 5) is 7.98. The molecule has 18 heavy (non-hydrogen) atoms. The number of hydrogen-bond acceptors (Lipinski definition) is 1.